The minimum atomic E-state index is -0.743. The van der Waals surface area contributed by atoms with Crippen LogP contribution in [0.3, 0.4) is 0 Å². The van der Waals surface area contributed by atoms with Crippen LogP contribution in [-0.4, -0.2) is 17.8 Å². The molecule has 106 valence electrons. The van der Waals surface area contributed by atoms with Gasteiger partial charge in [0.25, 0.3) is 0 Å². The van der Waals surface area contributed by atoms with E-state index in [1.165, 1.54) is 13.2 Å². The summed E-state index contributed by atoms with van der Waals surface area (Å²) in [5, 5.41) is 11.0. The average molecular weight is 276 g/mol. The van der Waals surface area contributed by atoms with Crippen molar-refractivity contribution < 1.29 is 19.0 Å². The Hall–Kier alpha value is -2.01. The van der Waals surface area contributed by atoms with Crippen molar-refractivity contribution in [2.75, 3.05) is 7.11 Å². The molecule has 1 N–H and O–H groups in total. The quantitative estimate of drug-likeness (QED) is 0.810. The van der Waals surface area contributed by atoms with Crippen molar-refractivity contribution in [3.63, 3.8) is 0 Å². The molecule has 20 heavy (non-hydrogen) atoms. The third-order valence-corrected chi connectivity index (χ3v) is 3.50. The number of aliphatic hydroxyl groups excluding tert-OH is 1. The van der Waals surface area contributed by atoms with E-state index in [-0.39, 0.29) is 0 Å². The fourth-order valence-corrected chi connectivity index (χ4v) is 2.67. The van der Waals surface area contributed by atoms with Gasteiger partial charge in [0.1, 0.15) is 17.1 Å². The third-order valence-electron chi connectivity index (χ3n) is 3.50. The molecule has 1 aromatic carbocycles. The highest BCUT2D eigenvalue weighted by molar-refractivity contribution is 5.89. The van der Waals surface area contributed by atoms with E-state index < -0.39 is 17.3 Å². The van der Waals surface area contributed by atoms with Crippen LogP contribution in [0.25, 0.3) is 11.0 Å². The normalized spacial score (nSPS) is 20.3. The van der Waals surface area contributed by atoms with Crippen molar-refractivity contribution in [1.29, 1.82) is 0 Å². The van der Waals surface area contributed by atoms with Crippen LogP contribution in [0.15, 0.2) is 27.4 Å². The van der Waals surface area contributed by atoms with Gasteiger partial charge in [-0.05, 0) is 19.9 Å². The fraction of sp³-hybridized carbons (Fsp3) is 0.400. The van der Waals surface area contributed by atoms with E-state index in [2.05, 4.69) is 0 Å². The zero-order chi connectivity index (χ0) is 14.5. The van der Waals surface area contributed by atoms with Crippen LogP contribution >= 0.6 is 0 Å². The Balaban J connectivity index is 2.37. The van der Waals surface area contributed by atoms with Gasteiger partial charge >= 0.3 is 5.63 Å². The highest BCUT2D eigenvalue weighted by Gasteiger charge is 2.35. The summed E-state index contributed by atoms with van der Waals surface area (Å²) >= 11 is 0. The molecule has 0 bridgehead atoms. The van der Waals surface area contributed by atoms with Gasteiger partial charge in [0.05, 0.1) is 24.2 Å². The number of benzene rings is 1. The Kier molecular flexibility index (Phi) is 2.76. The van der Waals surface area contributed by atoms with E-state index in [9.17, 15) is 9.90 Å². The smallest absolute Gasteiger partial charge is 0.336 e. The number of aliphatic hydroxyl groups is 1. The monoisotopic (exact) mass is 276 g/mol. The molecule has 0 amide bonds. The highest BCUT2D eigenvalue weighted by atomic mass is 16.5. The third kappa shape index (κ3) is 1.94. The lowest BCUT2D eigenvalue weighted by Gasteiger charge is -2.35. The zero-order valence-corrected chi connectivity index (χ0v) is 11.6. The van der Waals surface area contributed by atoms with E-state index in [1.807, 2.05) is 13.8 Å². The summed E-state index contributed by atoms with van der Waals surface area (Å²) in [5.41, 5.74) is -0.113. The number of hydrogen-bond donors (Lipinski definition) is 1. The van der Waals surface area contributed by atoms with Crippen LogP contribution in [0.5, 0.6) is 11.5 Å². The van der Waals surface area contributed by atoms with Crippen LogP contribution in [0.4, 0.5) is 0 Å². The summed E-state index contributed by atoms with van der Waals surface area (Å²) < 4.78 is 16.5. The molecule has 0 saturated carbocycles. The first-order chi connectivity index (χ1) is 9.41. The number of rotatable bonds is 1. The summed E-state index contributed by atoms with van der Waals surface area (Å²) in [6, 6.07) is 4.69. The molecule has 0 unspecified atom stereocenters. The van der Waals surface area contributed by atoms with E-state index in [0.717, 1.165) is 0 Å². The topological polar surface area (TPSA) is 68.9 Å². The first kappa shape index (κ1) is 13.0. The van der Waals surface area contributed by atoms with Gasteiger partial charge in [-0.1, -0.05) is 0 Å². The van der Waals surface area contributed by atoms with Crippen molar-refractivity contribution >= 4 is 11.0 Å². The first-order valence-corrected chi connectivity index (χ1v) is 6.43. The van der Waals surface area contributed by atoms with Gasteiger partial charge < -0.3 is 19.0 Å². The molecule has 1 aromatic heterocycles. The molecule has 0 saturated heterocycles. The Morgan fingerprint density at radius 1 is 1.40 bits per heavy atom. The summed E-state index contributed by atoms with van der Waals surface area (Å²) in [7, 11) is 1.54. The van der Waals surface area contributed by atoms with Crippen LogP contribution in [0.1, 0.15) is 31.9 Å². The van der Waals surface area contributed by atoms with Crippen LogP contribution in [0.2, 0.25) is 0 Å². The molecular weight excluding hydrogens is 260 g/mol. The van der Waals surface area contributed by atoms with Crippen molar-refractivity contribution in [3.05, 3.63) is 34.2 Å². The molecule has 1 aliphatic heterocycles. The molecule has 0 radical (unpaired) electrons. The lowest BCUT2D eigenvalue weighted by molar-refractivity contribution is 0.0118. The summed E-state index contributed by atoms with van der Waals surface area (Å²) in [5.74, 6) is 1.04. The van der Waals surface area contributed by atoms with E-state index in [1.54, 1.807) is 12.1 Å². The second-order valence-electron chi connectivity index (χ2n) is 5.57. The largest absolute Gasteiger partial charge is 0.496 e. The molecule has 2 heterocycles. The van der Waals surface area contributed by atoms with Crippen molar-refractivity contribution in [1.82, 2.24) is 0 Å². The second-order valence-corrected chi connectivity index (χ2v) is 5.57. The van der Waals surface area contributed by atoms with E-state index in [0.29, 0.717) is 34.5 Å². The summed E-state index contributed by atoms with van der Waals surface area (Å²) in [6.45, 7) is 3.80. The lowest BCUT2D eigenvalue weighted by Crippen LogP contribution is -2.35. The van der Waals surface area contributed by atoms with E-state index in [4.69, 9.17) is 13.9 Å². The van der Waals surface area contributed by atoms with Crippen LogP contribution in [-0.2, 0) is 0 Å². The van der Waals surface area contributed by atoms with Gasteiger partial charge in [0.15, 0.2) is 5.58 Å². The zero-order valence-electron chi connectivity index (χ0n) is 11.6. The lowest BCUT2D eigenvalue weighted by atomic mass is 9.90. The maximum absolute atomic E-state index is 11.5. The molecule has 1 aliphatic rings. The van der Waals surface area contributed by atoms with Gasteiger partial charge in [-0.15, -0.1) is 0 Å². The van der Waals surface area contributed by atoms with Crippen LogP contribution < -0.4 is 15.1 Å². The molecule has 0 fully saturated rings. The van der Waals surface area contributed by atoms with Gasteiger partial charge in [0.2, 0.25) is 0 Å². The predicted octanol–water partition coefficient (Wildman–Crippen LogP) is 2.40. The first-order valence-electron chi connectivity index (χ1n) is 6.43. The molecule has 2 aromatic rings. The number of fused-ring (bicyclic) bond motifs is 3. The molecular formula is C15H16O5. The molecule has 0 aliphatic carbocycles. The maximum atomic E-state index is 11.5. The SMILES string of the molecule is COc1cc2c(c3oc(=O)ccc13)[C@H](O)CC(C)(C)O2. The minimum absolute atomic E-state index is 0.329. The Morgan fingerprint density at radius 3 is 2.85 bits per heavy atom. The molecule has 1 atom stereocenters. The van der Waals surface area contributed by atoms with E-state index >= 15 is 0 Å². The Bertz CT molecular complexity index is 729. The van der Waals surface area contributed by atoms with Gasteiger partial charge in [-0.2, -0.15) is 0 Å². The van der Waals surface area contributed by atoms with Crippen molar-refractivity contribution in [2.45, 2.75) is 32.0 Å². The maximum Gasteiger partial charge on any atom is 0.336 e. The number of methoxy groups -OCH3 is 1. The summed E-state index contributed by atoms with van der Waals surface area (Å²) in [4.78, 5) is 11.5. The molecule has 3 rings (SSSR count). The fourth-order valence-electron chi connectivity index (χ4n) is 2.67. The number of hydrogen-bond acceptors (Lipinski definition) is 5. The molecule has 5 nitrogen and oxygen atoms in total. The van der Waals surface area contributed by atoms with Gasteiger partial charge in [-0.3, -0.25) is 0 Å². The number of ether oxygens (including phenoxy) is 2. The van der Waals surface area contributed by atoms with Crippen molar-refractivity contribution in [3.8, 4) is 11.5 Å². The standard InChI is InChI=1S/C15H16O5/c1-15(2)7-9(16)13-11(20-15)6-10(18-3)8-4-5-12(17)19-14(8)13/h4-6,9,16H,7H2,1-3H3/t9-/m1/s1. The summed E-state index contributed by atoms with van der Waals surface area (Å²) in [6.07, 6.45) is -0.312. The molecule has 0 spiro atoms. The Morgan fingerprint density at radius 2 is 2.15 bits per heavy atom. The minimum Gasteiger partial charge on any atom is -0.496 e. The molecule has 5 heteroatoms. The van der Waals surface area contributed by atoms with Crippen molar-refractivity contribution in [2.24, 2.45) is 0 Å². The average Bonchev–Trinajstić information content (AvgIpc) is 2.35. The van der Waals surface area contributed by atoms with Gasteiger partial charge in [-0.25, -0.2) is 4.79 Å². The second kappa shape index (κ2) is 4.24. The Labute approximate surface area is 115 Å². The van der Waals surface area contributed by atoms with Gasteiger partial charge in [0, 0.05) is 18.6 Å². The predicted molar refractivity (Wildman–Crippen MR) is 73.3 cm³/mol. The van der Waals surface area contributed by atoms with Crippen LogP contribution in [0, 0.1) is 0 Å². The highest BCUT2D eigenvalue weighted by Crippen LogP contribution is 2.45.